The lowest BCUT2D eigenvalue weighted by Crippen LogP contribution is -2.30. The minimum Gasteiger partial charge on any atom is -0.481 e. The highest BCUT2D eigenvalue weighted by molar-refractivity contribution is 6.28. The third-order valence-electron chi connectivity index (χ3n) is 5.43. The molecule has 1 aliphatic rings. The predicted molar refractivity (Wildman–Crippen MR) is 115 cm³/mol. The van der Waals surface area contributed by atoms with Gasteiger partial charge < -0.3 is 10.1 Å². The summed E-state index contributed by atoms with van der Waals surface area (Å²) in [5.41, 5.74) is -3.28. The number of hydrogen-bond donors (Lipinski definition) is 1. The minimum absolute atomic E-state index is 0.00282. The maximum atomic E-state index is 13.1. The Kier molecular flexibility index (Phi) is 6.11. The number of nitrogens with one attached hydrogen (secondary N) is 1. The minimum atomic E-state index is -5.07. The Labute approximate surface area is 199 Å². The number of rotatable bonds is 4. The molecular weight excluding hydrogens is 492 g/mol. The van der Waals surface area contributed by atoms with Gasteiger partial charge in [-0.1, -0.05) is 24.3 Å². The van der Waals surface area contributed by atoms with Crippen molar-refractivity contribution in [2.24, 2.45) is 0 Å². The molecule has 0 saturated heterocycles. The van der Waals surface area contributed by atoms with E-state index in [1.54, 1.807) is 12.1 Å². The summed E-state index contributed by atoms with van der Waals surface area (Å²) in [6.45, 7) is 1.22. The first kappa shape index (κ1) is 25.0. The van der Waals surface area contributed by atoms with Gasteiger partial charge in [0.1, 0.15) is 5.75 Å². The molecule has 36 heavy (non-hydrogen) atoms. The van der Waals surface area contributed by atoms with E-state index in [1.165, 1.54) is 37.3 Å². The number of halogens is 6. The van der Waals surface area contributed by atoms with Crippen LogP contribution >= 0.6 is 0 Å². The summed E-state index contributed by atoms with van der Waals surface area (Å²) >= 11 is 0. The molecule has 3 aromatic rings. The number of alkyl halides is 6. The zero-order chi connectivity index (χ0) is 26.4. The molecule has 0 aromatic heterocycles. The van der Waals surface area contributed by atoms with Crippen LogP contribution in [-0.4, -0.2) is 23.6 Å². The first-order chi connectivity index (χ1) is 16.8. The summed E-state index contributed by atoms with van der Waals surface area (Å²) in [4.78, 5) is 38.0. The van der Waals surface area contributed by atoms with E-state index in [-0.39, 0.29) is 39.9 Å². The van der Waals surface area contributed by atoms with Crippen LogP contribution in [0.5, 0.6) is 5.75 Å². The number of carbonyl (C=O) groups is 3. The van der Waals surface area contributed by atoms with E-state index in [0.717, 1.165) is 0 Å². The second kappa shape index (κ2) is 8.81. The normalized spacial score (nSPS) is 14.1. The first-order valence-electron chi connectivity index (χ1n) is 10.3. The van der Waals surface area contributed by atoms with Crippen LogP contribution in [0.25, 0.3) is 0 Å². The Morgan fingerprint density at radius 1 is 0.750 bits per heavy atom. The highest BCUT2D eigenvalue weighted by atomic mass is 19.4. The van der Waals surface area contributed by atoms with Crippen LogP contribution < -0.4 is 10.1 Å². The summed E-state index contributed by atoms with van der Waals surface area (Å²) in [6.07, 6.45) is -11.5. The Balaban J connectivity index is 1.55. The molecule has 5 nitrogen and oxygen atoms in total. The summed E-state index contributed by atoms with van der Waals surface area (Å²) < 4.78 is 83.8. The fourth-order valence-corrected chi connectivity index (χ4v) is 3.68. The standard InChI is InChI=1S/C25H15F6NO4/c1-12(23(35)32-15-9-13(24(26,27)28)8-14(10-15)25(29,30)31)36-16-6-7-19-20(11-16)22(34)18-5-3-2-4-17(18)21(19)33/h2-12H,1H3,(H,32,35). The number of ether oxygens (including phenoxy) is 1. The van der Waals surface area contributed by atoms with Crippen LogP contribution in [0, 0.1) is 0 Å². The monoisotopic (exact) mass is 507 g/mol. The van der Waals surface area contributed by atoms with Gasteiger partial charge in [0.25, 0.3) is 5.91 Å². The third-order valence-corrected chi connectivity index (χ3v) is 5.43. The SMILES string of the molecule is CC(Oc1ccc2c(c1)C(=O)c1ccccc1C2=O)C(=O)Nc1cc(C(F)(F)F)cc(C(F)(F)F)c1. The smallest absolute Gasteiger partial charge is 0.416 e. The van der Waals surface area contributed by atoms with Gasteiger partial charge >= 0.3 is 12.4 Å². The number of ketones is 2. The quantitative estimate of drug-likeness (QED) is 0.349. The third kappa shape index (κ3) is 4.81. The lowest BCUT2D eigenvalue weighted by Gasteiger charge is -2.20. The molecule has 1 unspecified atom stereocenters. The number of hydrogen-bond acceptors (Lipinski definition) is 4. The van der Waals surface area contributed by atoms with Crippen molar-refractivity contribution in [1.29, 1.82) is 0 Å². The molecule has 0 saturated carbocycles. The summed E-state index contributed by atoms with van der Waals surface area (Å²) in [5, 5.41) is 1.99. The largest absolute Gasteiger partial charge is 0.481 e. The molecular formula is C25H15F6NO4. The van der Waals surface area contributed by atoms with Crippen molar-refractivity contribution >= 4 is 23.2 Å². The molecule has 0 spiro atoms. The molecule has 11 heteroatoms. The van der Waals surface area contributed by atoms with E-state index in [0.29, 0.717) is 12.1 Å². The van der Waals surface area contributed by atoms with Gasteiger partial charge in [-0.3, -0.25) is 14.4 Å². The molecule has 1 amide bonds. The Morgan fingerprint density at radius 2 is 1.25 bits per heavy atom. The fraction of sp³-hybridized carbons (Fsp3) is 0.160. The van der Waals surface area contributed by atoms with E-state index < -0.39 is 47.0 Å². The van der Waals surface area contributed by atoms with Gasteiger partial charge in [-0.2, -0.15) is 26.3 Å². The fourth-order valence-electron chi connectivity index (χ4n) is 3.68. The number of carbonyl (C=O) groups excluding carboxylic acids is 3. The number of amides is 1. The van der Waals surface area contributed by atoms with Crippen LogP contribution in [-0.2, 0) is 17.1 Å². The summed E-state index contributed by atoms with van der Waals surface area (Å²) in [6, 6.07) is 10.8. The van der Waals surface area contributed by atoms with Gasteiger partial charge in [0.05, 0.1) is 11.1 Å². The van der Waals surface area contributed by atoms with E-state index in [4.69, 9.17) is 4.74 Å². The topological polar surface area (TPSA) is 72.5 Å². The lowest BCUT2D eigenvalue weighted by atomic mass is 9.84. The molecule has 0 aliphatic heterocycles. The Morgan fingerprint density at radius 3 is 1.78 bits per heavy atom. The molecule has 1 N–H and O–H groups in total. The predicted octanol–water partition coefficient (Wildman–Crippen LogP) is 5.91. The van der Waals surface area contributed by atoms with Gasteiger partial charge in [0.15, 0.2) is 17.7 Å². The molecule has 1 aliphatic carbocycles. The maximum Gasteiger partial charge on any atom is 0.416 e. The average Bonchev–Trinajstić information content (AvgIpc) is 2.81. The van der Waals surface area contributed by atoms with E-state index in [9.17, 15) is 40.7 Å². The van der Waals surface area contributed by atoms with Crippen LogP contribution in [0.15, 0.2) is 60.7 Å². The van der Waals surface area contributed by atoms with Crippen molar-refractivity contribution in [3.63, 3.8) is 0 Å². The first-order valence-corrected chi connectivity index (χ1v) is 10.3. The maximum absolute atomic E-state index is 13.1. The highest BCUT2D eigenvalue weighted by Gasteiger charge is 2.37. The Bertz CT molecular complexity index is 1360. The zero-order valence-electron chi connectivity index (χ0n) is 18.3. The highest BCUT2D eigenvalue weighted by Crippen LogP contribution is 2.37. The van der Waals surface area contributed by atoms with E-state index in [2.05, 4.69) is 0 Å². The van der Waals surface area contributed by atoms with Gasteiger partial charge in [0.2, 0.25) is 0 Å². The molecule has 0 fully saturated rings. The van der Waals surface area contributed by atoms with E-state index in [1.807, 2.05) is 5.32 Å². The van der Waals surface area contributed by atoms with Crippen molar-refractivity contribution in [3.05, 3.63) is 94.0 Å². The number of fused-ring (bicyclic) bond motifs is 2. The van der Waals surface area contributed by atoms with E-state index >= 15 is 0 Å². The summed E-state index contributed by atoms with van der Waals surface area (Å²) in [5.74, 6) is -1.85. The molecule has 3 aromatic carbocycles. The van der Waals surface area contributed by atoms with Gasteiger partial charge in [-0.15, -0.1) is 0 Å². The van der Waals surface area contributed by atoms with Gasteiger partial charge in [-0.05, 0) is 43.3 Å². The second-order valence-electron chi connectivity index (χ2n) is 7.96. The molecule has 4 rings (SSSR count). The van der Waals surface area contributed by atoms with Crippen molar-refractivity contribution in [1.82, 2.24) is 0 Å². The molecule has 0 bridgehead atoms. The van der Waals surface area contributed by atoms with Crippen LogP contribution in [0.4, 0.5) is 32.0 Å². The second-order valence-corrected chi connectivity index (χ2v) is 7.96. The van der Waals surface area contributed by atoms with Crippen molar-refractivity contribution in [2.75, 3.05) is 5.32 Å². The van der Waals surface area contributed by atoms with Crippen LogP contribution in [0.2, 0.25) is 0 Å². The molecule has 0 heterocycles. The molecule has 1 atom stereocenters. The van der Waals surface area contributed by atoms with Crippen LogP contribution in [0.1, 0.15) is 49.9 Å². The van der Waals surface area contributed by atoms with Crippen molar-refractivity contribution in [2.45, 2.75) is 25.4 Å². The number of benzene rings is 3. The van der Waals surface area contributed by atoms with Crippen molar-refractivity contribution < 1.29 is 45.5 Å². The van der Waals surface area contributed by atoms with Gasteiger partial charge in [-0.25, -0.2) is 0 Å². The molecule has 186 valence electrons. The molecule has 0 radical (unpaired) electrons. The van der Waals surface area contributed by atoms with Gasteiger partial charge in [0, 0.05) is 27.9 Å². The summed E-state index contributed by atoms with van der Waals surface area (Å²) in [7, 11) is 0. The zero-order valence-corrected chi connectivity index (χ0v) is 18.3. The average molecular weight is 507 g/mol. The number of anilines is 1. The Hall–Kier alpha value is -4.15. The van der Waals surface area contributed by atoms with Crippen LogP contribution in [0.3, 0.4) is 0 Å². The lowest BCUT2D eigenvalue weighted by molar-refractivity contribution is -0.143. The van der Waals surface area contributed by atoms with Crippen molar-refractivity contribution in [3.8, 4) is 5.75 Å².